The fourth-order valence-electron chi connectivity index (χ4n) is 6.58. The normalized spacial score (nSPS) is 26.2. The van der Waals surface area contributed by atoms with Gasteiger partial charge in [0, 0.05) is 11.2 Å². The van der Waals surface area contributed by atoms with Crippen molar-refractivity contribution < 1.29 is 48.6 Å². The summed E-state index contributed by atoms with van der Waals surface area (Å²) in [7, 11) is 0. The number of aliphatic carboxylic acids is 1. The Labute approximate surface area is 320 Å². The summed E-state index contributed by atoms with van der Waals surface area (Å²) in [6.45, 7) is 11.5. The lowest BCUT2D eigenvalue weighted by atomic mass is 10.0. The van der Waals surface area contributed by atoms with E-state index in [4.69, 9.17) is 0 Å². The van der Waals surface area contributed by atoms with E-state index in [9.17, 15) is 48.6 Å². The standard InChI is InChI=1S/C37H56N8O10/c1-19(2)14-24-32(51)42-25(17-29(49)50)33(52)43-30(21(4)46)35(54)39-20(3)31(36(55)44-37(5,6)7)45-13-9-12-26(45)34(53)40-23-11-8-10-22(15-23)16-27(47)38-18-28(48)41-24/h8,10-11,15,19-21,24-26,30-31,46H,9,12-14,16-18H2,1-7H3,(H,38,47)(H,39,54)(H,40,53)(H,41,48)(H,42,51)(H,43,52)(H,44,55)(H,49,50)/t20-,21+,24+,25+,26-,30-,31-/m0/s1. The Morgan fingerprint density at radius 1 is 0.909 bits per heavy atom. The van der Waals surface area contributed by atoms with Crippen LogP contribution in [0.5, 0.6) is 0 Å². The number of amides is 7. The van der Waals surface area contributed by atoms with Crippen LogP contribution in [0.25, 0.3) is 0 Å². The first kappa shape index (κ1) is 44.3. The van der Waals surface area contributed by atoms with Crippen molar-refractivity contribution in [1.82, 2.24) is 36.8 Å². The molecule has 2 heterocycles. The largest absolute Gasteiger partial charge is 0.481 e. The van der Waals surface area contributed by atoms with E-state index >= 15 is 0 Å². The van der Waals surface area contributed by atoms with Gasteiger partial charge in [-0.2, -0.15) is 0 Å². The lowest BCUT2D eigenvalue weighted by Gasteiger charge is -2.37. The molecule has 2 aliphatic rings. The second-order valence-corrected chi connectivity index (χ2v) is 15.7. The van der Waals surface area contributed by atoms with Crippen molar-refractivity contribution in [2.45, 2.75) is 128 Å². The first-order valence-corrected chi connectivity index (χ1v) is 18.5. The lowest BCUT2D eigenvalue weighted by Crippen LogP contribution is -2.64. The molecule has 304 valence electrons. The summed E-state index contributed by atoms with van der Waals surface area (Å²) >= 11 is 0. The molecule has 7 amide bonds. The maximum atomic E-state index is 13.9. The van der Waals surface area contributed by atoms with Crippen LogP contribution in [0, 0.1) is 5.92 Å². The fourth-order valence-corrected chi connectivity index (χ4v) is 6.58. The van der Waals surface area contributed by atoms with Gasteiger partial charge in [-0.25, -0.2) is 0 Å². The van der Waals surface area contributed by atoms with E-state index in [-0.39, 0.29) is 18.8 Å². The molecule has 1 aromatic rings. The quantitative estimate of drug-likeness (QED) is 0.168. The van der Waals surface area contributed by atoms with Crippen LogP contribution in [0.3, 0.4) is 0 Å². The molecule has 18 nitrogen and oxygen atoms in total. The van der Waals surface area contributed by atoms with Crippen LogP contribution in [-0.4, -0.2) is 123 Å². The predicted octanol–water partition coefficient (Wildman–Crippen LogP) is -1.09. The summed E-state index contributed by atoms with van der Waals surface area (Å²) in [5.74, 6) is -6.67. The van der Waals surface area contributed by atoms with Crippen molar-refractivity contribution in [3.63, 3.8) is 0 Å². The summed E-state index contributed by atoms with van der Waals surface area (Å²) in [4.78, 5) is 108. The molecular weight excluding hydrogens is 716 g/mol. The molecule has 0 aliphatic carbocycles. The number of hydrogen-bond donors (Lipinski definition) is 9. The van der Waals surface area contributed by atoms with Gasteiger partial charge in [0.25, 0.3) is 0 Å². The molecule has 2 bridgehead atoms. The highest BCUT2D eigenvalue weighted by Gasteiger charge is 2.43. The molecule has 2 aliphatic heterocycles. The predicted molar refractivity (Wildman–Crippen MR) is 200 cm³/mol. The second-order valence-electron chi connectivity index (χ2n) is 15.7. The van der Waals surface area contributed by atoms with Gasteiger partial charge in [0.2, 0.25) is 41.4 Å². The maximum absolute atomic E-state index is 13.9. The van der Waals surface area contributed by atoms with Crippen LogP contribution in [0.1, 0.15) is 79.7 Å². The van der Waals surface area contributed by atoms with E-state index in [1.54, 1.807) is 70.7 Å². The van der Waals surface area contributed by atoms with Crippen LogP contribution in [0.2, 0.25) is 0 Å². The molecule has 1 aromatic carbocycles. The number of benzene rings is 1. The second kappa shape index (κ2) is 19.5. The number of aliphatic hydroxyl groups is 1. The van der Waals surface area contributed by atoms with Gasteiger partial charge < -0.3 is 47.4 Å². The molecule has 0 saturated carbocycles. The van der Waals surface area contributed by atoms with E-state index in [0.29, 0.717) is 30.6 Å². The number of nitrogens with zero attached hydrogens (tertiary/aromatic N) is 1. The van der Waals surface area contributed by atoms with Gasteiger partial charge in [0.15, 0.2) is 0 Å². The third-order valence-corrected chi connectivity index (χ3v) is 9.00. The maximum Gasteiger partial charge on any atom is 0.305 e. The summed E-state index contributed by atoms with van der Waals surface area (Å²) in [5.41, 5.74) is 0.228. The number of anilines is 1. The molecule has 9 N–H and O–H groups in total. The van der Waals surface area contributed by atoms with Crippen molar-refractivity contribution in [3.8, 4) is 0 Å². The van der Waals surface area contributed by atoms with Gasteiger partial charge in [-0.05, 0) is 84.0 Å². The third kappa shape index (κ3) is 13.6. The van der Waals surface area contributed by atoms with Crippen molar-refractivity contribution in [2.24, 2.45) is 5.92 Å². The number of carboxylic acid groups (broad SMARTS) is 1. The summed E-state index contributed by atoms with van der Waals surface area (Å²) in [6.07, 6.45) is -1.56. The van der Waals surface area contributed by atoms with Gasteiger partial charge in [0.05, 0.1) is 37.6 Å². The van der Waals surface area contributed by atoms with Crippen LogP contribution < -0.4 is 37.2 Å². The average Bonchev–Trinajstić information content (AvgIpc) is 3.53. The van der Waals surface area contributed by atoms with Crippen molar-refractivity contribution in [1.29, 1.82) is 0 Å². The smallest absolute Gasteiger partial charge is 0.305 e. The monoisotopic (exact) mass is 772 g/mol. The van der Waals surface area contributed by atoms with E-state index in [0.717, 1.165) is 0 Å². The molecule has 0 aromatic heterocycles. The minimum absolute atomic E-state index is 0.0872. The molecular formula is C37H56N8O10. The highest BCUT2D eigenvalue weighted by molar-refractivity contribution is 5.98. The number of carbonyl (C=O) groups is 8. The fraction of sp³-hybridized carbons (Fsp3) is 0.622. The number of rotatable bonds is 6. The third-order valence-electron chi connectivity index (χ3n) is 9.00. The Morgan fingerprint density at radius 2 is 1.58 bits per heavy atom. The summed E-state index contributed by atoms with van der Waals surface area (Å²) < 4.78 is 0. The average molecular weight is 773 g/mol. The van der Waals surface area contributed by atoms with E-state index < -0.39 is 108 Å². The number of aliphatic hydroxyl groups excluding tert-OH is 1. The van der Waals surface area contributed by atoms with Gasteiger partial charge in [-0.1, -0.05) is 26.0 Å². The first-order chi connectivity index (χ1) is 25.6. The minimum atomic E-state index is -1.74. The molecule has 0 spiro atoms. The van der Waals surface area contributed by atoms with Crippen molar-refractivity contribution >= 4 is 53.0 Å². The minimum Gasteiger partial charge on any atom is -0.481 e. The van der Waals surface area contributed by atoms with E-state index in [1.807, 2.05) is 0 Å². The summed E-state index contributed by atoms with van der Waals surface area (Å²) in [6, 6.07) is -0.952. The van der Waals surface area contributed by atoms with E-state index in [2.05, 4.69) is 37.2 Å². The van der Waals surface area contributed by atoms with Crippen LogP contribution in [0.4, 0.5) is 5.69 Å². The van der Waals surface area contributed by atoms with Crippen LogP contribution in [0.15, 0.2) is 24.3 Å². The molecule has 55 heavy (non-hydrogen) atoms. The SMILES string of the molecule is CC(C)C[C@H]1NC(=O)CNC(=O)Cc2cccc(c2)NC(=O)[C@@H]2CCCN2[C@H](C(=O)NC(C)(C)C)[C@H](C)NC(=O)[C@H]([C@@H](C)O)NC(=O)[C@@H](CC(=O)O)NC1=O. The zero-order chi connectivity index (χ0) is 41.2. The van der Waals surface area contributed by atoms with Crippen molar-refractivity contribution in [2.75, 3.05) is 18.4 Å². The molecule has 1 saturated heterocycles. The molecule has 0 radical (unpaired) electrons. The zero-order valence-electron chi connectivity index (χ0n) is 32.5. The highest BCUT2D eigenvalue weighted by atomic mass is 16.4. The first-order valence-electron chi connectivity index (χ1n) is 18.5. The molecule has 18 heteroatoms. The van der Waals surface area contributed by atoms with Crippen LogP contribution in [-0.2, 0) is 44.8 Å². The van der Waals surface area contributed by atoms with Crippen LogP contribution >= 0.6 is 0 Å². The van der Waals surface area contributed by atoms with Gasteiger partial charge in [-0.3, -0.25) is 43.3 Å². The Kier molecular flexibility index (Phi) is 15.7. The van der Waals surface area contributed by atoms with E-state index in [1.165, 1.54) is 6.92 Å². The molecule has 0 unspecified atom stereocenters. The van der Waals surface area contributed by atoms with Gasteiger partial charge in [0.1, 0.15) is 24.2 Å². The number of hydrogen-bond acceptors (Lipinski definition) is 10. The molecule has 1 fully saturated rings. The Morgan fingerprint density at radius 3 is 2.20 bits per heavy atom. The Bertz CT molecular complexity index is 1610. The van der Waals surface area contributed by atoms with Gasteiger partial charge >= 0.3 is 5.97 Å². The molecule has 7 atom stereocenters. The Hall–Kier alpha value is -5.10. The van der Waals surface area contributed by atoms with Gasteiger partial charge in [-0.15, -0.1) is 0 Å². The number of carbonyl (C=O) groups excluding carboxylic acids is 7. The molecule has 3 rings (SSSR count). The summed E-state index contributed by atoms with van der Waals surface area (Å²) in [5, 5.41) is 38.4. The number of fused-ring (bicyclic) bond motifs is 3. The van der Waals surface area contributed by atoms with Crippen molar-refractivity contribution in [3.05, 3.63) is 29.8 Å². The number of carboxylic acids is 1. The number of nitrogens with one attached hydrogen (secondary N) is 7. The highest BCUT2D eigenvalue weighted by Crippen LogP contribution is 2.25. The lowest BCUT2D eigenvalue weighted by molar-refractivity contribution is -0.141. The topological polar surface area (TPSA) is 264 Å². The zero-order valence-corrected chi connectivity index (χ0v) is 32.5. The Balaban J connectivity index is 2.06.